The number of carbonyl (C=O) groups excluding carboxylic acids is 1. The van der Waals surface area contributed by atoms with Gasteiger partial charge in [0, 0.05) is 0 Å². The van der Waals surface area contributed by atoms with E-state index in [0.29, 0.717) is 24.0 Å². The third kappa shape index (κ3) is 4.67. The number of halogens is 5. The van der Waals surface area contributed by atoms with Crippen LogP contribution in [0.4, 0.5) is 0 Å². The van der Waals surface area contributed by atoms with Crippen LogP contribution >= 0.6 is 85.0 Å². The first-order valence-corrected chi connectivity index (χ1v) is 8.71. The fourth-order valence-electron chi connectivity index (χ4n) is 0.844. The molecule has 0 aliphatic heterocycles. The van der Waals surface area contributed by atoms with Crippen molar-refractivity contribution >= 4 is 90.8 Å². The van der Waals surface area contributed by atoms with E-state index in [9.17, 15) is 4.79 Å². The molecule has 1 nitrogen and oxygen atoms in total. The van der Waals surface area contributed by atoms with E-state index in [2.05, 4.69) is 15.9 Å². The highest BCUT2D eigenvalue weighted by molar-refractivity contribution is 9.09. The quantitative estimate of drug-likeness (QED) is 0.386. The van der Waals surface area contributed by atoms with Crippen LogP contribution in [0, 0.1) is 0 Å². The second-order valence-electron chi connectivity index (χ2n) is 2.81. The van der Waals surface area contributed by atoms with Crippen molar-refractivity contribution in [3.8, 4) is 0 Å². The smallest absolute Gasteiger partial charge is 0.183 e. The Balaban J connectivity index is 0.000000180. The molecule has 0 N–H and O–H groups in total. The number of Topliss-reactive ketones (excluding diaryl/α,β-unsaturated/α-hetero) is 1. The Morgan fingerprint density at radius 2 is 1.72 bits per heavy atom. The number of rotatable bonds is 2. The van der Waals surface area contributed by atoms with Gasteiger partial charge in [-0.25, -0.2) is 0 Å². The van der Waals surface area contributed by atoms with Gasteiger partial charge < -0.3 is 0 Å². The van der Waals surface area contributed by atoms with Crippen LogP contribution in [0.5, 0.6) is 0 Å². The molecule has 0 amide bonds. The van der Waals surface area contributed by atoms with Crippen molar-refractivity contribution < 1.29 is 4.79 Å². The van der Waals surface area contributed by atoms with Gasteiger partial charge in [-0.2, -0.15) is 0 Å². The van der Waals surface area contributed by atoms with Gasteiger partial charge in [0.05, 0.1) is 20.3 Å². The lowest BCUT2D eigenvalue weighted by molar-refractivity contribution is 0.102. The Morgan fingerprint density at radius 1 is 1.17 bits per heavy atom. The van der Waals surface area contributed by atoms with E-state index < -0.39 is 0 Å². The number of hydrogen-bond acceptors (Lipinski definition) is 3. The second-order valence-corrected chi connectivity index (χ2v) is 7.30. The van der Waals surface area contributed by atoms with Crippen LogP contribution in [0.3, 0.4) is 0 Å². The van der Waals surface area contributed by atoms with Gasteiger partial charge in [-0.15, -0.1) is 22.7 Å². The van der Waals surface area contributed by atoms with E-state index in [1.54, 1.807) is 0 Å². The largest absolute Gasteiger partial charge is 0.292 e. The van der Waals surface area contributed by atoms with Crippen molar-refractivity contribution in [3.05, 3.63) is 41.1 Å². The van der Waals surface area contributed by atoms with Crippen molar-refractivity contribution in [3.63, 3.8) is 0 Å². The molecule has 2 rings (SSSR count). The Hall–Kier alpha value is 0.710. The third-order valence-corrected chi connectivity index (χ3v) is 5.93. The highest BCUT2D eigenvalue weighted by Crippen LogP contribution is 2.43. The molecule has 0 aliphatic carbocycles. The van der Waals surface area contributed by atoms with Crippen LogP contribution in [-0.4, -0.2) is 11.1 Å². The van der Waals surface area contributed by atoms with Crippen molar-refractivity contribution in [1.29, 1.82) is 0 Å². The normalized spacial score (nSPS) is 9.83. The first-order chi connectivity index (χ1) is 8.47. The van der Waals surface area contributed by atoms with Crippen LogP contribution < -0.4 is 0 Å². The lowest BCUT2D eigenvalue weighted by atomic mass is 10.4. The standard InChI is InChI=1S/C6H5BrOS.C4Cl4S/c7-4-5(8)6-2-1-3-9-6;5-1-2(6)4(8)9-3(1)7/h1-3H,4H2;. The van der Waals surface area contributed by atoms with Crippen LogP contribution in [0.1, 0.15) is 9.67 Å². The van der Waals surface area contributed by atoms with Crippen LogP contribution in [0.2, 0.25) is 18.7 Å². The fraction of sp³-hybridized carbons (Fsp3) is 0.100. The summed E-state index contributed by atoms with van der Waals surface area (Å²) < 4.78 is 0.873. The van der Waals surface area contributed by atoms with Gasteiger partial charge in [-0.3, -0.25) is 4.79 Å². The molecular weight excluding hydrogens is 422 g/mol. The molecular formula is C10H5BrCl4OS2. The van der Waals surface area contributed by atoms with Gasteiger partial charge in [0.25, 0.3) is 0 Å². The number of alkyl halides is 1. The van der Waals surface area contributed by atoms with E-state index in [-0.39, 0.29) is 5.78 Å². The average molecular weight is 427 g/mol. The van der Waals surface area contributed by atoms with E-state index in [1.165, 1.54) is 11.3 Å². The molecule has 0 saturated carbocycles. The molecule has 0 bridgehead atoms. The van der Waals surface area contributed by atoms with Crippen molar-refractivity contribution in [2.24, 2.45) is 0 Å². The number of hydrogen-bond donors (Lipinski definition) is 0. The Kier molecular flexibility index (Phi) is 7.54. The highest BCUT2D eigenvalue weighted by atomic mass is 79.9. The summed E-state index contributed by atoms with van der Waals surface area (Å²) in [4.78, 5) is 11.7. The van der Waals surface area contributed by atoms with Gasteiger partial charge in [0.1, 0.15) is 8.67 Å². The molecule has 0 aromatic carbocycles. The molecule has 98 valence electrons. The molecule has 0 atom stereocenters. The van der Waals surface area contributed by atoms with Crippen molar-refractivity contribution in [2.45, 2.75) is 0 Å². The minimum atomic E-state index is 0.157. The summed E-state index contributed by atoms with van der Waals surface area (Å²) in [5.41, 5.74) is 0. The molecule has 2 aromatic rings. The van der Waals surface area contributed by atoms with Crippen LogP contribution in [-0.2, 0) is 0 Å². The topological polar surface area (TPSA) is 17.1 Å². The summed E-state index contributed by atoms with van der Waals surface area (Å²) in [5.74, 6) is 0.157. The predicted molar refractivity (Wildman–Crippen MR) is 86.8 cm³/mol. The SMILES string of the molecule is Clc1sc(Cl)c(Cl)c1Cl.O=C(CBr)c1cccs1. The number of thiophene rings is 2. The summed E-state index contributed by atoms with van der Waals surface area (Å²) in [5, 5.41) is 3.00. The van der Waals surface area contributed by atoms with Gasteiger partial charge in [-0.05, 0) is 11.4 Å². The second kappa shape index (κ2) is 8.10. The molecule has 0 fully saturated rings. The third-order valence-electron chi connectivity index (χ3n) is 1.63. The zero-order valence-electron chi connectivity index (χ0n) is 8.55. The van der Waals surface area contributed by atoms with Crippen molar-refractivity contribution in [2.75, 3.05) is 5.33 Å². The molecule has 0 radical (unpaired) electrons. The lowest BCUT2D eigenvalue weighted by Crippen LogP contribution is -1.94. The van der Waals surface area contributed by atoms with E-state index in [1.807, 2.05) is 17.5 Å². The number of ketones is 1. The maximum Gasteiger partial charge on any atom is 0.183 e. The first-order valence-electron chi connectivity index (χ1n) is 4.38. The monoisotopic (exact) mass is 424 g/mol. The Bertz CT molecular complexity index is 502. The van der Waals surface area contributed by atoms with Crippen LogP contribution in [0.15, 0.2) is 17.5 Å². The van der Waals surface area contributed by atoms with Gasteiger partial charge in [-0.1, -0.05) is 68.4 Å². The zero-order valence-corrected chi connectivity index (χ0v) is 14.8. The number of carbonyl (C=O) groups is 1. The summed E-state index contributed by atoms with van der Waals surface area (Å²) >= 11 is 28.0. The maximum atomic E-state index is 10.8. The predicted octanol–water partition coefficient (Wildman–Crippen LogP) is 6.69. The molecule has 2 heterocycles. The van der Waals surface area contributed by atoms with Gasteiger partial charge in [0.2, 0.25) is 0 Å². The summed E-state index contributed by atoms with van der Waals surface area (Å²) in [6.07, 6.45) is 0. The Labute approximate surface area is 141 Å². The Morgan fingerprint density at radius 3 is 2.00 bits per heavy atom. The molecule has 18 heavy (non-hydrogen) atoms. The minimum absolute atomic E-state index is 0.157. The van der Waals surface area contributed by atoms with Crippen molar-refractivity contribution in [1.82, 2.24) is 0 Å². The average Bonchev–Trinajstić information content (AvgIpc) is 2.96. The van der Waals surface area contributed by atoms with Crippen LogP contribution in [0.25, 0.3) is 0 Å². The first kappa shape index (κ1) is 16.8. The molecule has 0 aliphatic rings. The summed E-state index contributed by atoms with van der Waals surface area (Å²) in [7, 11) is 0. The molecule has 0 saturated heterocycles. The molecule has 2 aromatic heterocycles. The molecule has 8 heteroatoms. The molecule has 0 unspecified atom stereocenters. The highest BCUT2D eigenvalue weighted by Gasteiger charge is 2.10. The minimum Gasteiger partial charge on any atom is -0.292 e. The van der Waals surface area contributed by atoms with E-state index in [0.717, 1.165) is 16.2 Å². The van der Waals surface area contributed by atoms with E-state index in [4.69, 9.17) is 46.4 Å². The van der Waals surface area contributed by atoms with E-state index >= 15 is 0 Å². The van der Waals surface area contributed by atoms with Gasteiger partial charge in [0.15, 0.2) is 5.78 Å². The lowest BCUT2D eigenvalue weighted by Gasteiger charge is -1.85. The maximum absolute atomic E-state index is 10.8. The molecule has 0 spiro atoms. The summed E-state index contributed by atoms with van der Waals surface area (Å²) in [6, 6.07) is 3.70. The van der Waals surface area contributed by atoms with Gasteiger partial charge >= 0.3 is 0 Å². The summed E-state index contributed by atoms with van der Waals surface area (Å²) in [6.45, 7) is 0. The fourth-order valence-corrected chi connectivity index (χ4v) is 3.94. The zero-order chi connectivity index (χ0) is 13.7.